The Kier molecular flexibility index (Phi) is 10.3. The van der Waals surface area contributed by atoms with Gasteiger partial charge < -0.3 is 29.5 Å². The highest BCUT2D eigenvalue weighted by atomic mass is 16.6. The van der Waals surface area contributed by atoms with Gasteiger partial charge in [-0.3, -0.25) is 4.79 Å². The number of carboxylic acid groups (broad SMARTS) is 1. The predicted octanol–water partition coefficient (Wildman–Crippen LogP) is 5.20. The molecule has 10 nitrogen and oxygen atoms in total. The molecule has 0 radical (unpaired) electrons. The number of carboxylic acids is 1. The third-order valence-electron chi connectivity index (χ3n) is 5.92. The number of aromatic nitrogens is 1. The fourth-order valence-corrected chi connectivity index (χ4v) is 4.00. The van der Waals surface area contributed by atoms with E-state index < -0.39 is 23.6 Å². The molecule has 3 rings (SSSR count). The molecule has 1 heterocycles. The van der Waals surface area contributed by atoms with Gasteiger partial charge in [-0.05, 0) is 89.9 Å². The van der Waals surface area contributed by atoms with E-state index in [9.17, 15) is 14.4 Å². The number of oxazole rings is 1. The normalized spacial score (nSPS) is 12.2. The lowest BCUT2D eigenvalue weighted by molar-refractivity contribution is -0.154. The average Bonchev–Trinajstić information content (AvgIpc) is 3.26. The number of carbonyl (C=O) groups excluding carboxylic acids is 2. The van der Waals surface area contributed by atoms with Crippen molar-refractivity contribution in [3.05, 3.63) is 70.6 Å². The van der Waals surface area contributed by atoms with Gasteiger partial charge in [-0.1, -0.05) is 6.07 Å². The number of ether oxygens (including phenoxy) is 3. The van der Waals surface area contributed by atoms with E-state index in [0.29, 0.717) is 47.1 Å². The van der Waals surface area contributed by atoms with Crippen molar-refractivity contribution < 1.29 is 38.1 Å². The molecule has 1 atom stereocenters. The first-order valence-electron chi connectivity index (χ1n) is 13.5. The van der Waals surface area contributed by atoms with Crippen molar-refractivity contribution in [2.75, 3.05) is 6.61 Å². The SMILES string of the molecule is Cc1oc(-c2ccc(C(=O)O)cc2)nc1CCOc1ccc(CCC(=O)OC(C)(C)C)cc1C(N)C(=O)OC(C)C. The van der Waals surface area contributed by atoms with E-state index in [2.05, 4.69) is 4.98 Å². The quantitative estimate of drug-likeness (QED) is 0.280. The summed E-state index contributed by atoms with van der Waals surface area (Å²) in [5.41, 5.74) is 8.48. The van der Waals surface area contributed by atoms with E-state index in [0.717, 1.165) is 5.56 Å². The fraction of sp³-hybridized carbons (Fsp3) is 0.419. The van der Waals surface area contributed by atoms with Crippen LogP contribution >= 0.6 is 0 Å². The number of carbonyl (C=O) groups is 3. The number of esters is 2. The van der Waals surface area contributed by atoms with E-state index in [1.54, 1.807) is 45.0 Å². The summed E-state index contributed by atoms with van der Waals surface area (Å²) in [6.45, 7) is 10.9. The van der Waals surface area contributed by atoms with Crippen LogP contribution in [0.25, 0.3) is 11.5 Å². The molecule has 0 bridgehead atoms. The molecule has 0 fully saturated rings. The van der Waals surface area contributed by atoms with Crippen molar-refractivity contribution in [2.45, 2.75) is 78.6 Å². The first-order valence-corrected chi connectivity index (χ1v) is 13.5. The highest BCUT2D eigenvalue weighted by Gasteiger charge is 2.24. The van der Waals surface area contributed by atoms with Crippen LogP contribution in [0, 0.1) is 6.92 Å². The van der Waals surface area contributed by atoms with Gasteiger partial charge in [0.2, 0.25) is 5.89 Å². The van der Waals surface area contributed by atoms with Crippen LogP contribution in [0.1, 0.15) is 80.0 Å². The summed E-state index contributed by atoms with van der Waals surface area (Å²) in [5, 5.41) is 9.10. The minimum absolute atomic E-state index is 0.174. The standard InChI is InChI=1S/C31H38N2O8/c1-18(2)39-30(37)27(32)23-17-20(8-14-26(34)41-31(4,5)6)7-13-25(23)38-16-15-24-19(3)40-28(33-24)21-9-11-22(12-10-21)29(35)36/h7,9-13,17-18,27H,8,14-16,32H2,1-6H3,(H,35,36). The third kappa shape index (κ3) is 9.18. The van der Waals surface area contributed by atoms with Gasteiger partial charge in [-0.15, -0.1) is 0 Å². The van der Waals surface area contributed by atoms with E-state index in [-0.39, 0.29) is 30.7 Å². The number of nitrogens with zero attached hydrogens (tertiary/aromatic N) is 1. The predicted molar refractivity (Wildman–Crippen MR) is 152 cm³/mol. The minimum Gasteiger partial charge on any atom is -0.493 e. The Morgan fingerprint density at radius 2 is 1.73 bits per heavy atom. The Labute approximate surface area is 239 Å². The van der Waals surface area contributed by atoms with Crippen molar-refractivity contribution in [3.63, 3.8) is 0 Å². The van der Waals surface area contributed by atoms with Crippen LogP contribution in [0.15, 0.2) is 46.9 Å². The second-order valence-corrected chi connectivity index (χ2v) is 10.9. The summed E-state index contributed by atoms with van der Waals surface area (Å²) < 4.78 is 22.6. The number of rotatable bonds is 12. The van der Waals surface area contributed by atoms with Gasteiger partial charge in [0, 0.05) is 24.0 Å². The molecule has 0 saturated heterocycles. The number of aryl methyl sites for hydroxylation is 2. The molecule has 220 valence electrons. The molecule has 0 saturated carbocycles. The summed E-state index contributed by atoms with van der Waals surface area (Å²) in [5.74, 6) is -0.498. The smallest absolute Gasteiger partial charge is 0.335 e. The Balaban J connectivity index is 1.73. The zero-order valence-electron chi connectivity index (χ0n) is 24.4. The molecule has 10 heteroatoms. The zero-order chi connectivity index (χ0) is 30.3. The Morgan fingerprint density at radius 1 is 1.05 bits per heavy atom. The second-order valence-electron chi connectivity index (χ2n) is 10.9. The number of hydrogen-bond acceptors (Lipinski definition) is 9. The lowest BCUT2D eigenvalue weighted by Gasteiger charge is -2.20. The molecule has 1 aromatic heterocycles. The van der Waals surface area contributed by atoms with E-state index in [1.807, 2.05) is 26.8 Å². The number of nitrogens with two attached hydrogens (primary N) is 1. The molecule has 0 spiro atoms. The van der Waals surface area contributed by atoms with Crippen LogP contribution in [-0.2, 0) is 31.9 Å². The van der Waals surface area contributed by atoms with Gasteiger partial charge in [-0.2, -0.15) is 0 Å². The first-order chi connectivity index (χ1) is 19.2. The molecular weight excluding hydrogens is 528 g/mol. The maximum Gasteiger partial charge on any atom is 0.335 e. The molecule has 0 amide bonds. The molecule has 2 aromatic carbocycles. The molecule has 41 heavy (non-hydrogen) atoms. The number of aromatic carboxylic acids is 1. The van der Waals surface area contributed by atoms with E-state index in [1.165, 1.54) is 12.1 Å². The molecule has 0 aliphatic carbocycles. The fourth-order valence-electron chi connectivity index (χ4n) is 4.00. The monoisotopic (exact) mass is 566 g/mol. The zero-order valence-corrected chi connectivity index (χ0v) is 24.4. The molecular formula is C31H38N2O8. The number of hydrogen-bond donors (Lipinski definition) is 2. The summed E-state index contributed by atoms with van der Waals surface area (Å²) in [6, 6.07) is 10.5. The van der Waals surface area contributed by atoms with E-state index >= 15 is 0 Å². The minimum atomic E-state index is -1.08. The highest BCUT2D eigenvalue weighted by molar-refractivity contribution is 5.88. The molecule has 0 aliphatic heterocycles. The lowest BCUT2D eigenvalue weighted by atomic mass is 10.0. The molecule has 0 aliphatic rings. The Bertz CT molecular complexity index is 1370. The highest BCUT2D eigenvalue weighted by Crippen LogP contribution is 2.28. The van der Waals surface area contributed by atoms with Crippen LogP contribution in [0.5, 0.6) is 5.75 Å². The average molecular weight is 567 g/mol. The van der Waals surface area contributed by atoms with Crippen molar-refractivity contribution in [3.8, 4) is 17.2 Å². The van der Waals surface area contributed by atoms with Crippen molar-refractivity contribution in [1.82, 2.24) is 4.98 Å². The summed E-state index contributed by atoms with van der Waals surface area (Å²) in [4.78, 5) is 40.5. The van der Waals surface area contributed by atoms with Gasteiger partial charge in [0.15, 0.2) is 0 Å². The maximum atomic E-state index is 12.6. The van der Waals surface area contributed by atoms with Crippen molar-refractivity contribution >= 4 is 17.9 Å². The van der Waals surface area contributed by atoms with Crippen LogP contribution in [0.4, 0.5) is 0 Å². The Morgan fingerprint density at radius 3 is 2.34 bits per heavy atom. The van der Waals surface area contributed by atoms with Crippen LogP contribution in [0.3, 0.4) is 0 Å². The van der Waals surface area contributed by atoms with Gasteiger partial charge in [0.25, 0.3) is 0 Å². The lowest BCUT2D eigenvalue weighted by Crippen LogP contribution is -2.27. The number of benzene rings is 2. The van der Waals surface area contributed by atoms with Gasteiger partial charge >= 0.3 is 17.9 Å². The molecule has 3 aromatic rings. The van der Waals surface area contributed by atoms with Crippen LogP contribution in [0.2, 0.25) is 0 Å². The second kappa shape index (κ2) is 13.5. The van der Waals surface area contributed by atoms with Gasteiger partial charge in [-0.25, -0.2) is 14.6 Å². The molecule has 3 N–H and O–H groups in total. The van der Waals surface area contributed by atoms with Crippen LogP contribution in [-0.4, -0.2) is 46.3 Å². The van der Waals surface area contributed by atoms with E-state index in [4.69, 9.17) is 29.5 Å². The summed E-state index contributed by atoms with van der Waals surface area (Å²) in [7, 11) is 0. The van der Waals surface area contributed by atoms with Gasteiger partial charge in [0.05, 0.1) is 24.0 Å². The topological polar surface area (TPSA) is 151 Å². The van der Waals surface area contributed by atoms with Crippen molar-refractivity contribution in [2.24, 2.45) is 5.73 Å². The summed E-state index contributed by atoms with van der Waals surface area (Å²) in [6.07, 6.45) is 0.657. The van der Waals surface area contributed by atoms with Gasteiger partial charge in [0.1, 0.15) is 23.2 Å². The molecule has 1 unspecified atom stereocenters. The van der Waals surface area contributed by atoms with Crippen LogP contribution < -0.4 is 10.5 Å². The third-order valence-corrected chi connectivity index (χ3v) is 5.92. The summed E-state index contributed by atoms with van der Waals surface area (Å²) >= 11 is 0. The van der Waals surface area contributed by atoms with Crippen molar-refractivity contribution in [1.29, 1.82) is 0 Å². The first kappa shape index (κ1) is 31.3. The largest absolute Gasteiger partial charge is 0.493 e. The Hall–Kier alpha value is -4.18. The maximum absolute atomic E-state index is 12.6.